The first-order valence-corrected chi connectivity index (χ1v) is 8.45. The summed E-state index contributed by atoms with van der Waals surface area (Å²) in [6.07, 6.45) is 7.54. The van der Waals surface area contributed by atoms with Crippen molar-refractivity contribution in [3.63, 3.8) is 0 Å². The minimum absolute atomic E-state index is 0.243. The molecule has 7 heteroatoms. The Kier molecular flexibility index (Phi) is 3.85. The zero-order valence-corrected chi connectivity index (χ0v) is 13.3. The predicted octanol–water partition coefficient (Wildman–Crippen LogP) is 3.41. The number of thiazole rings is 1. The first-order valence-electron chi connectivity index (χ1n) is 7.57. The monoisotopic (exact) mass is 324 g/mol. The number of pyridine rings is 1. The fourth-order valence-corrected chi connectivity index (χ4v) is 3.56. The van der Waals surface area contributed by atoms with Crippen molar-refractivity contribution in [2.75, 3.05) is 16.8 Å². The van der Waals surface area contributed by atoms with E-state index >= 15 is 0 Å². The van der Waals surface area contributed by atoms with Crippen molar-refractivity contribution in [2.24, 2.45) is 0 Å². The Morgan fingerprint density at radius 2 is 1.96 bits per heavy atom. The summed E-state index contributed by atoms with van der Waals surface area (Å²) >= 11 is 1.60. The molecule has 0 bridgehead atoms. The van der Waals surface area contributed by atoms with Gasteiger partial charge in [0.1, 0.15) is 5.82 Å². The highest BCUT2D eigenvalue weighted by Gasteiger charge is 2.29. The van der Waals surface area contributed by atoms with E-state index in [0.29, 0.717) is 0 Å². The van der Waals surface area contributed by atoms with Gasteiger partial charge in [-0.3, -0.25) is 0 Å². The molecule has 1 atom stereocenters. The van der Waals surface area contributed by atoms with Gasteiger partial charge < -0.3 is 10.2 Å². The molecule has 1 aliphatic heterocycles. The molecule has 0 amide bonds. The molecule has 1 aliphatic rings. The van der Waals surface area contributed by atoms with Crippen LogP contribution in [0, 0.1) is 0 Å². The highest BCUT2D eigenvalue weighted by atomic mass is 32.1. The van der Waals surface area contributed by atoms with Gasteiger partial charge in [0.2, 0.25) is 5.95 Å². The molecule has 4 heterocycles. The Bertz CT molecular complexity index is 761. The quantitative estimate of drug-likeness (QED) is 0.793. The molecule has 0 aliphatic carbocycles. The maximum absolute atomic E-state index is 4.73. The maximum atomic E-state index is 4.73. The van der Waals surface area contributed by atoms with Gasteiger partial charge in [-0.25, -0.2) is 19.9 Å². The van der Waals surface area contributed by atoms with Crippen molar-refractivity contribution in [1.82, 2.24) is 19.9 Å². The van der Waals surface area contributed by atoms with Crippen molar-refractivity contribution < 1.29 is 0 Å². The third-order valence-electron chi connectivity index (χ3n) is 3.83. The van der Waals surface area contributed by atoms with E-state index in [4.69, 9.17) is 4.98 Å². The topological polar surface area (TPSA) is 66.8 Å². The van der Waals surface area contributed by atoms with E-state index in [-0.39, 0.29) is 6.04 Å². The van der Waals surface area contributed by atoms with Crippen molar-refractivity contribution >= 4 is 28.2 Å². The van der Waals surface area contributed by atoms with Crippen LogP contribution in [0.2, 0.25) is 0 Å². The van der Waals surface area contributed by atoms with Crippen molar-refractivity contribution in [2.45, 2.75) is 18.9 Å². The normalized spacial score (nSPS) is 17.4. The Morgan fingerprint density at radius 1 is 1.09 bits per heavy atom. The summed E-state index contributed by atoms with van der Waals surface area (Å²) in [4.78, 5) is 20.0. The van der Waals surface area contributed by atoms with Crippen LogP contribution in [0.15, 0.2) is 48.2 Å². The molecule has 0 saturated carbocycles. The molecule has 23 heavy (non-hydrogen) atoms. The van der Waals surface area contributed by atoms with E-state index in [1.54, 1.807) is 29.9 Å². The Morgan fingerprint density at radius 3 is 2.78 bits per heavy atom. The number of hydrogen-bond donors (Lipinski definition) is 1. The van der Waals surface area contributed by atoms with Gasteiger partial charge in [0, 0.05) is 30.5 Å². The summed E-state index contributed by atoms with van der Waals surface area (Å²) in [6.45, 7) is 0.967. The van der Waals surface area contributed by atoms with Crippen LogP contribution in [-0.2, 0) is 0 Å². The predicted molar refractivity (Wildman–Crippen MR) is 91.0 cm³/mol. The molecule has 3 aromatic heterocycles. The second kappa shape index (κ2) is 6.29. The van der Waals surface area contributed by atoms with Crippen LogP contribution in [0.1, 0.15) is 24.6 Å². The van der Waals surface area contributed by atoms with Crippen LogP contribution in [0.5, 0.6) is 0 Å². The lowest BCUT2D eigenvalue weighted by molar-refractivity contribution is 0.685. The molecule has 0 spiro atoms. The average molecular weight is 324 g/mol. The van der Waals surface area contributed by atoms with Crippen LogP contribution in [0.25, 0.3) is 0 Å². The van der Waals surface area contributed by atoms with Crippen LogP contribution in [0.3, 0.4) is 0 Å². The van der Waals surface area contributed by atoms with Gasteiger partial charge in [0.25, 0.3) is 0 Å². The third kappa shape index (κ3) is 3.00. The van der Waals surface area contributed by atoms with E-state index < -0.39 is 0 Å². The van der Waals surface area contributed by atoms with Crippen LogP contribution < -0.4 is 10.2 Å². The lowest BCUT2D eigenvalue weighted by Crippen LogP contribution is -2.24. The van der Waals surface area contributed by atoms with E-state index in [0.717, 1.165) is 42.0 Å². The zero-order chi connectivity index (χ0) is 15.5. The lowest BCUT2D eigenvalue weighted by Gasteiger charge is -2.22. The second-order valence-electron chi connectivity index (χ2n) is 5.32. The smallest absolute Gasteiger partial charge is 0.225 e. The molecule has 3 aromatic rings. The van der Waals surface area contributed by atoms with Gasteiger partial charge in [-0.2, -0.15) is 0 Å². The summed E-state index contributed by atoms with van der Waals surface area (Å²) in [6, 6.07) is 7.87. The first-order chi connectivity index (χ1) is 11.4. The zero-order valence-electron chi connectivity index (χ0n) is 12.5. The molecule has 0 radical (unpaired) electrons. The SMILES string of the molecule is c1ccc(Nc2nc([C@@H]3CCCN3c3ncccn3)cs2)nc1. The van der Waals surface area contributed by atoms with E-state index in [1.807, 2.05) is 24.3 Å². The summed E-state index contributed by atoms with van der Waals surface area (Å²) in [5, 5.41) is 6.22. The van der Waals surface area contributed by atoms with Crippen molar-refractivity contribution in [3.8, 4) is 0 Å². The van der Waals surface area contributed by atoms with Crippen molar-refractivity contribution in [1.29, 1.82) is 0 Å². The number of aromatic nitrogens is 4. The molecular weight excluding hydrogens is 308 g/mol. The number of rotatable bonds is 4. The van der Waals surface area contributed by atoms with E-state index in [9.17, 15) is 0 Å². The fraction of sp³-hybridized carbons (Fsp3) is 0.250. The molecule has 1 N–H and O–H groups in total. The van der Waals surface area contributed by atoms with Crippen molar-refractivity contribution in [3.05, 3.63) is 53.9 Å². The lowest BCUT2D eigenvalue weighted by atomic mass is 10.2. The van der Waals surface area contributed by atoms with Gasteiger partial charge in [-0.05, 0) is 31.0 Å². The number of nitrogens with one attached hydrogen (secondary N) is 1. The van der Waals surface area contributed by atoms with E-state index in [1.165, 1.54) is 0 Å². The van der Waals surface area contributed by atoms with Crippen LogP contribution in [0.4, 0.5) is 16.9 Å². The van der Waals surface area contributed by atoms with Gasteiger partial charge in [-0.15, -0.1) is 11.3 Å². The maximum Gasteiger partial charge on any atom is 0.225 e. The minimum atomic E-state index is 0.243. The molecule has 0 aromatic carbocycles. The molecule has 6 nitrogen and oxygen atoms in total. The Hall–Kier alpha value is -2.54. The summed E-state index contributed by atoms with van der Waals surface area (Å²) in [7, 11) is 0. The van der Waals surface area contributed by atoms with E-state index in [2.05, 4.69) is 30.5 Å². The largest absolute Gasteiger partial charge is 0.332 e. The minimum Gasteiger partial charge on any atom is -0.332 e. The molecule has 116 valence electrons. The highest BCUT2D eigenvalue weighted by molar-refractivity contribution is 7.13. The molecular formula is C16H16N6S. The third-order valence-corrected chi connectivity index (χ3v) is 4.60. The van der Waals surface area contributed by atoms with Gasteiger partial charge in [-0.1, -0.05) is 6.07 Å². The summed E-state index contributed by atoms with van der Waals surface area (Å²) < 4.78 is 0. The van der Waals surface area contributed by atoms with Gasteiger partial charge in [0.05, 0.1) is 11.7 Å². The summed E-state index contributed by atoms with van der Waals surface area (Å²) in [5.41, 5.74) is 1.07. The highest BCUT2D eigenvalue weighted by Crippen LogP contribution is 2.35. The van der Waals surface area contributed by atoms with Crippen LogP contribution >= 0.6 is 11.3 Å². The molecule has 1 saturated heterocycles. The average Bonchev–Trinajstić information content (AvgIpc) is 3.25. The first kappa shape index (κ1) is 14.1. The summed E-state index contributed by atoms with van der Waals surface area (Å²) in [5.74, 6) is 1.59. The second-order valence-corrected chi connectivity index (χ2v) is 6.18. The fourth-order valence-electron chi connectivity index (χ4n) is 2.80. The molecule has 0 unspecified atom stereocenters. The Labute approximate surface area is 138 Å². The molecule has 1 fully saturated rings. The number of hydrogen-bond acceptors (Lipinski definition) is 7. The standard InChI is InChI=1S/C16H16N6S/c1-2-7-17-14(6-1)21-16-20-12(11-23-16)13-5-3-10-22(13)15-18-8-4-9-19-15/h1-2,4,6-9,11,13H,3,5,10H2,(H,17,20,21)/t13-/m0/s1. The number of anilines is 3. The van der Waals surface area contributed by atoms with Crippen LogP contribution in [-0.4, -0.2) is 26.5 Å². The van der Waals surface area contributed by atoms with Gasteiger partial charge >= 0.3 is 0 Å². The van der Waals surface area contributed by atoms with Gasteiger partial charge in [0.15, 0.2) is 5.13 Å². The molecule has 4 rings (SSSR count). The number of nitrogens with zero attached hydrogens (tertiary/aromatic N) is 5. The Balaban J connectivity index is 1.54.